The van der Waals surface area contributed by atoms with E-state index in [0.29, 0.717) is 16.3 Å². The van der Waals surface area contributed by atoms with E-state index in [0.717, 1.165) is 59.2 Å². The number of carbonyl (C=O) groups is 1. The minimum Gasteiger partial charge on any atom is -0.369 e. The number of nitrogens with zero attached hydrogens (tertiary/aromatic N) is 4. The molecular formula is C20H21FN6OS. The number of aryl methyl sites for hydroxylation is 3. The van der Waals surface area contributed by atoms with Gasteiger partial charge in [-0.3, -0.25) is 19.9 Å². The fourth-order valence-electron chi connectivity index (χ4n) is 3.16. The largest absolute Gasteiger partial charge is 0.369 e. The highest BCUT2D eigenvalue weighted by molar-refractivity contribution is 7.96. The molecule has 3 aromatic heterocycles. The van der Waals surface area contributed by atoms with Crippen LogP contribution in [0, 0.1) is 19.7 Å². The Morgan fingerprint density at radius 2 is 1.90 bits per heavy atom. The van der Waals surface area contributed by atoms with Crippen molar-refractivity contribution < 1.29 is 9.18 Å². The number of fused-ring (bicyclic) bond motifs is 1. The molecule has 0 atom stereocenters. The highest BCUT2D eigenvalue weighted by atomic mass is 32.2. The number of pyridine rings is 2. The van der Waals surface area contributed by atoms with Crippen LogP contribution >= 0.6 is 11.9 Å². The van der Waals surface area contributed by atoms with Gasteiger partial charge in [0.2, 0.25) is 11.1 Å². The minimum atomic E-state index is -0.422. The van der Waals surface area contributed by atoms with Crippen molar-refractivity contribution in [2.24, 2.45) is 10.9 Å². The Balaban J connectivity index is 0.000000204. The topological polar surface area (TPSA) is 121 Å². The molecule has 3 aromatic rings. The maximum Gasteiger partial charge on any atom is 0.221 e. The first-order valence-corrected chi connectivity index (χ1v) is 9.83. The van der Waals surface area contributed by atoms with E-state index in [9.17, 15) is 9.18 Å². The lowest BCUT2D eigenvalue weighted by atomic mass is 9.84. The Morgan fingerprint density at radius 3 is 2.45 bits per heavy atom. The van der Waals surface area contributed by atoms with Gasteiger partial charge in [-0.2, -0.15) is 0 Å². The van der Waals surface area contributed by atoms with Crippen molar-refractivity contribution in [3.05, 3.63) is 64.7 Å². The summed E-state index contributed by atoms with van der Waals surface area (Å²) < 4.78 is 13.8. The SMILES string of the molecule is Cc1cc(C)nc(SN)n1.NC(=O)Cc1c(-c2ccncc2F)cnc2c1CC2. The zero-order valence-electron chi connectivity index (χ0n) is 16.1. The molecule has 0 aromatic carbocycles. The van der Waals surface area contributed by atoms with Crippen molar-refractivity contribution in [1.82, 2.24) is 19.9 Å². The summed E-state index contributed by atoms with van der Waals surface area (Å²) in [5, 5.41) is 5.92. The van der Waals surface area contributed by atoms with E-state index in [-0.39, 0.29) is 6.42 Å². The molecule has 1 aliphatic carbocycles. The van der Waals surface area contributed by atoms with Crippen molar-refractivity contribution in [2.75, 3.05) is 0 Å². The average Bonchev–Trinajstić information content (AvgIpc) is 2.63. The van der Waals surface area contributed by atoms with Crippen molar-refractivity contribution >= 4 is 17.9 Å². The van der Waals surface area contributed by atoms with E-state index in [4.69, 9.17) is 10.9 Å². The molecular weight excluding hydrogens is 391 g/mol. The Bertz CT molecular complexity index is 1040. The molecule has 0 unspecified atom stereocenters. The number of nitrogens with two attached hydrogens (primary N) is 2. The molecule has 0 fully saturated rings. The number of carbonyl (C=O) groups excluding carboxylic acids is 1. The summed E-state index contributed by atoms with van der Waals surface area (Å²) in [7, 11) is 0. The summed E-state index contributed by atoms with van der Waals surface area (Å²) in [5.41, 5.74) is 11.1. The van der Waals surface area contributed by atoms with Gasteiger partial charge in [-0.05, 0) is 61.9 Å². The highest BCUT2D eigenvalue weighted by Crippen LogP contribution is 2.33. The van der Waals surface area contributed by atoms with Crippen molar-refractivity contribution in [1.29, 1.82) is 0 Å². The molecule has 0 aliphatic heterocycles. The molecule has 1 aliphatic rings. The van der Waals surface area contributed by atoms with Gasteiger partial charge in [0, 0.05) is 40.6 Å². The van der Waals surface area contributed by atoms with Crippen LogP contribution in [0.25, 0.3) is 11.1 Å². The molecule has 1 amide bonds. The second kappa shape index (κ2) is 9.06. The molecule has 3 heterocycles. The third-order valence-electron chi connectivity index (χ3n) is 4.48. The summed E-state index contributed by atoms with van der Waals surface area (Å²) >= 11 is 1.07. The van der Waals surface area contributed by atoms with Gasteiger partial charge in [0.05, 0.1) is 12.6 Å². The van der Waals surface area contributed by atoms with Crippen LogP contribution in [0.4, 0.5) is 4.39 Å². The average molecular weight is 412 g/mol. The maximum atomic E-state index is 13.8. The molecule has 0 bridgehead atoms. The molecule has 4 rings (SSSR count). The van der Waals surface area contributed by atoms with Crippen molar-refractivity contribution in [3.63, 3.8) is 0 Å². The van der Waals surface area contributed by atoms with E-state index >= 15 is 0 Å². The molecule has 7 nitrogen and oxygen atoms in total. The van der Waals surface area contributed by atoms with Crippen LogP contribution in [0.2, 0.25) is 0 Å². The van der Waals surface area contributed by atoms with E-state index in [1.54, 1.807) is 12.3 Å². The smallest absolute Gasteiger partial charge is 0.221 e. The Labute approximate surface area is 172 Å². The fourth-order valence-corrected chi connectivity index (χ4v) is 3.55. The van der Waals surface area contributed by atoms with Gasteiger partial charge in [0.1, 0.15) is 5.82 Å². The van der Waals surface area contributed by atoms with Crippen LogP contribution < -0.4 is 10.9 Å². The first kappa shape index (κ1) is 20.8. The monoisotopic (exact) mass is 412 g/mol. The fraction of sp³-hybridized carbons (Fsp3) is 0.250. The van der Waals surface area contributed by atoms with Crippen LogP contribution in [-0.2, 0) is 24.1 Å². The van der Waals surface area contributed by atoms with Gasteiger partial charge in [0.15, 0.2) is 0 Å². The van der Waals surface area contributed by atoms with Gasteiger partial charge in [-0.15, -0.1) is 0 Å². The molecule has 150 valence electrons. The zero-order valence-corrected chi connectivity index (χ0v) is 17.0. The van der Waals surface area contributed by atoms with E-state index < -0.39 is 11.7 Å². The predicted octanol–water partition coefficient (Wildman–Crippen LogP) is 2.47. The standard InChI is InChI=1S/C14H12FN3O.C6H9N3S/c15-12-7-17-4-3-8(12)11-6-18-13-2-1-9(13)10(11)5-14(16)19;1-4-3-5(2)9-6(8-4)10-7/h3-4,6-7H,1-2,5H2,(H2,16,19);3H,7H2,1-2H3. The van der Waals surface area contributed by atoms with E-state index in [2.05, 4.69) is 19.9 Å². The van der Waals surface area contributed by atoms with Gasteiger partial charge < -0.3 is 5.73 Å². The summed E-state index contributed by atoms with van der Waals surface area (Å²) in [5.74, 6) is -0.842. The summed E-state index contributed by atoms with van der Waals surface area (Å²) in [4.78, 5) is 27.4. The van der Waals surface area contributed by atoms with Gasteiger partial charge in [-0.1, -0.05) is 0 Å². The number of hydrogen-bond donors (Lipinski definition) is 2. The van der Waals surface area contributed by atoms with Gasteiger partial charge in [0.25, 0.3) is 0 Å². The lowest BCUT2D eigenvalue weighted by Crippen LogP contribution is -2.21. The predicted molar refractivity (Wildman–Crippen MR) is 109 cm³/mol. The first-order chi connectivity index (χ1) is 13.9. The quantitative estimate of drug-likeness (QED) is 0.499. The van der Waals surface area contributed by atoms with E-state index in [1.165, 1.54) is 6.20 Å². The highest BCUT2D eigenvalue weighted by Gasteiger charge is 2.24. The Morgan fingerprint density at radius 1 is 1.17 bits per heavy atom. The molecule has 0 saturated heterocycles. The lowest BCUT2D eigenvalue weighted by molar-refractivity contribution is -0.117. The number of halogens is 1. The summed E-state index contributed by atoms with van der Waals surface area (Å²) in [6.07, 6.45) is 6.18. The lowest BCUT2D eigenvalue weighted by Gasteiger charge is -2.23. The molecule has 4 N–H and O–H groups in total. The van der Waals surface area contributed by atoms with Gasteiger partial charge in [-0.25, -0.2) is 14.4 Å². The molecule has 9 heteroatoms. The van der Waals surface area contributed by atoms with Crippen LogP contribution in [0.3, 0.4) is 0 Å². The Hall–Kier alpha value is -2.91. The third-order valence-corrected chi connectivity index (χ3v) is 4.87. The second-order valence-electron chi connectivity index (χ2n) is 6.63. The molecule has 0 spiro atoms. The molecule has 0 radical (unpaired) electrons. The van der Waals surface area contributed by atoms with Crippen molar-refractivity contribution in [2.45, 2.75) is 38.3 Å². The first-order valence-electron chi connectivity index (χ1n) is 8.96. The maximum absolute atomic E-state index is 13.8. The third kappa shape index (κ3) is 4.93. The number of primary amides is 1. The van der Waals surface area contributed by atoms with E-state index in [1.807, 2.05) is 19.9 Å². The number of amides is 1. The number of aromatic nitrogens is 4. The molecule has 29 heavy (non-hydrogen) atoms. The number of hydrogen-bond acceptors (Lipinski definition) is 7. The number of rotatable bonds is 4. The zero-order chi connectivity index (χ0) is 21.0. The molecule has 0 saturated carbocycles. The van der Waals surface area contributed by atoms with Crippen LogP contribution in [0.1, 0.15) is 28.2 Å². The minimum absolute atomic E-state index is 0.113. The second-order valence-corrected chi connectivity index (χ2v) is 7.23. The summed E-state index contributed by atoms with van der Waals surface area (Å²) in [6, 6.07) is 3.50. The summed E-state index contributed by atoms with van der Waals surface area (Å²) in [6.45, 7) is 3.85. The van der Waals surface area contributed by atoms with Crippen molar-refractivity contribution in [3.8, 4) is 11.1 Å². The van der Waals surface area contributed by atoms with Crippen LogP contribution in [0.5, 0.6) is 0 Å². The van der Waals surface area contributed by atoms with Gasteiger partial charge >= 0.3 is 0 Å². The normalized spacial score (nSPS) is 11.7. The van der Waals surface area contributed by atoms with Crippen LogP contribution in [-0.4, -0.2) is 25.8 Å². The Kier molecular flexibility index (Phi) is 6.50. The van der Waals surface area contributed by atoms with Crippen LogP contribution in [0.15, 0.2) is 35.9 Å².